The second-order valence-electron chi connectivity index (χ2n) is 9.66. The Bertz CT molecular complexity index is 1210. The quantitative estimate of drug-likeness (QED) is 0.616. The first-order valence-corrected chi connectivity index (χ1v) is 11.5. The number of nitrogens with zero attached hydrogens (tertiary/aromatic N) is 1. The number of carbonyl (C=O) groups excluding carboxylic acids is 3. The van der Waals surface area contributed by atoms with Gasteiger partial charge in [0.1, 0.15) is 0 Å². The van der Waals surface area contributed by atoms with E-state index in [2.05, 4.69) is 0 Å². The van der Waals surface area contributed by atoms with Crippen LogP contribution in [0.5, 0.6) is 0 Å². The molecule has 2 aromatic carbocycles. The van der Waals surface area contributed by atoms with Crippen LogP contribution in [-0.2, 0) is 16.0 Å². The molecule has 0 unspecified atom stereocenters. The molecule has 0 fully saturated rings. The number of nitrogens with one attached hydrogen (secondary N) is 1. The van der Waals surface area contributed by atoms with Crippen molar-refractivity contribution >= 4 is 29.2 Å². The molecule has 2 amide bonds. The van der Waals surface area contributed by atoms with E-state index in [1.807, 2.05) is 23.5 Å². The van der Waals surface area contributed by atoms with Crippen molar-refractivity contribution in [3.05, 3.63) is 82.0 Å². The summed E-state index contributed by atoms with van der Waals surface area (Å²) >= 11 is 5.83. The molecule has 0 aromatic heterocycles. The number of amides is 2. The van der Waals surface area contributed by atoms with Gasteiger partial charge in [-0.05, 0) is 48.1 Å². The van der Waals surface area contributed by atoms with Crippen molar-refractivity contribution < 1.29 is 27.6 Å². The van der Waals surface area contributed by atoms with Crippen molar-refractivity contribution in [2.75, 3.05) is 6.54 Å². The molecule has 0 bridgehead atoms. The Morgan fingerprint density at radius 1 is 1.03 bits per heavy atom. The summed E-state index contributed by atoms with van der Waals surface area (Å²) in [5, 5.41) is 2.22. The summed E-state index contributed by atoms with van der Waals surface area (Å²) in [7, 11) is 0. The SMILES string of the molecule is CC1(C)CC(=O)C2=C(C1)N(CCc1ccccc1)C(=O)[C@@]2(NC(=O)c1ccc(Cl)cc1)C(F)(F)F. The average molecular weight is 505 g/mol. The highest BCUT2D eigenvalue weighted by Gasteiger charge is 2.71. The molecule has 35 heavy (non-hydrogen) atoms. The standard InChI is InChI=1S/C26H24ClF3N2O3/c1-24(2)14-19-21(20(33)15-24)25(26(28,29)30,31-22(34)17-8-10-18(27)11-9-17)23(35)32(19)13-12-16-6-4-3-5-7-16/h3-11H,12-15H2,1-2H3,(H,31,34)/t25-/m1/s1. The van der Waals surface area contributed by atoms with Crippen LogP contribution in [0.3, 0.4) is 0 Å². The van der Waals surface area contributed by atoms with Crippen LogP contribution in [0.4, 0.5) is 13.2 Å². The Morgan fingerprint density at radius 3 is 2.26 bits per heavy atom. The van der Waals surface area contributed by atoms with Crippen LogP contribution in [0.25, 0.3) is 0 Å². The van der Waals surface area contributed by atoms with Gasteiger partial charge >= 0.3 is 6.18 Å². The van der Waals surface area contributed by atoms with Gasteiger partial charge in [-0.25, -0.2) is 0 Å². The summed E-state index contributed by atoms with van der Waals surface area (Å²) < 4.78 is 44.4. The third kappa shape index (κ3) is 4.47. The van der Waals surface area contributed by atoms with Gasteiger partial charge in [0.25, 0.3) is 11.8 Å². The fraction of sp³-hybridized carbons (Fsp3) is 0.346. The lowest BCUT2D eigenvalue weighted by atomic mass is 9.72. The zero-order chi connectivity index (χ0) is 25.6. The molecule has 2 aliphatic rings. The Balaban J connectivity index is 1.80. The van der Waals surface area contributed by atoms with Crippen molar-refractivity contribution in [3.8, 4) is 0 Å². The van der Waals surface area contributed by atoms with E-state index in [0.717, 1.165) is 10.5 Å². The Kier molecular flexibility index (Phi) is 6.30. The normalized spacial score (nSPS) is 21.8. The third-order valence-electron chi connectivity index (χ3n) is 6.42. The Morgan fingerprint density at radius 2 is 1.66 bits per heavy atom. The first kappa shape index (κ1) is 25.0. The number of alkyl halides is 3. The number of Topliss-reactive ketones (excluding diaryl/α,β-unsaturated/α-hetero) is 1. The number of halogens is 4. The second-order valence-corrected chi connectivity index (χ2v) is 10.1. The molecule has 1 aliphatic heterocycles. The molecule has 2 aromatic rings. The first-order valence-electron chi connectivity index (χ1n) is 11.1. The predicted octanol–water partition coefficient (Wildman–Crippen LogP) is 5.10. The largest absolute Gasteiger partial charge is 0.425 e. The van der Waals surface area contributed by atoms with Gasteiger partial charge < -0.3 is 10.2 Å². The smallest absolute Gasteiger partial charge is 0.326 e. The summed E-state index contributed by atoms with van der Waals surface area (Å²) in [6.07, 6.45) is -5.02. The molecule has 9 heteroatoms. The molecular weight excluding hydrogens is 481 g/mol. The fourth-order valence-corrected chi connectivity index (χ4v) is 4.92. The molecular formula is C26H24ClF3N2O3. The van der Waals surface area contributed by atoms with Crippen LogP contribution >= 0.6 is 11.6 Å². The number of rotatable bonds is 5. The fourth-order valence-electron chi connectivity index (χ4n) is 4.79. The molecule has 4 rings (SSSR count). The first-order chi connectivity index (χ1) is 16.4. The molecule has 0 spiro atoms. The summed E-state index contributed by atoms with van der Waals surface area (Å²) in [4.78, 5) is 40.8. The van der Waals surface area contributed by atoms with E-state index in [9.17, 15) is 27.6 Å². The molecule has 5 nitrogen and oxygen atoms in total. The molecule has 184 valence electrons. The van der Waals surface area contributed by atoms with E-state index >= 15 is 0 Å². The van der Waals surface area contributed by atoms with Crippen LogP contribution < -0.4 is 5.32 Å². The number of hydrogen-bond acceptors (Lipinski definition) is 3. The van der Waals surface area contributed by atoms with E-state index in [4.69, 9.17) is 11.6 Å². The van der Waals surface area contributed by atoms with Gasteiger partial charge in [0, 0.05) is 29.2 Å². The zero-order valence-electron chi connectivity index (χ0n) is 19.2. The minimum Gasteiger partial charge on any atom is -0.326 e. The van der Waals surface area contributed by atoms with Gasteiger partial charge in [0.15, 0.2) is 5.78 Å². The highest BCUT2D eigenvalue weighted by Crippen LogP contribution is 2.51. The molecule has 1 aliphatic carbocycles. The molecule has 1 heterocycles. The minimum atomic E-state index is -5.24. The number of ketones is 1. The van der Waals surface area contributed by atoms with Gasteiger partial charge in [0.05, 0.1) is 5.57 Å². The maximum atomic E-state index is 14.8. The van der Waals surface area contributed by atoms with Crippen molar-refractivity contribution in [2.24, 2.45) is 5.41 Å². The van der Waals surface area contributed by atoms with Crippen LogP contribution in [-0.4, -0.2) is 40.8 Å². The summed E-state index contributed by atoms with van der Waals surface area (Å²) in [6, 6.07) is 14.3. The zero-order valence-corrected chi connectivity index (χ0v) is 20.0. The van der Waals surface area contributed by atoms with Crippen molar-refractivity contribution in [2.45, 2.75) is 44.8 Å². The molecule has 1 N–H and O–H groups in total. The van der Waals surface area contributed by atoms with Crippen molar-refractivity contribution in [3.63, 3.8) is 0 Å². The monoisotopic (exact) mass is 504 g/mol. The third-order valence-corrected chi connectivity index (χ3v) is 6.67. The number of allylic oxidation sites excluding steroid dienone is 1. The highest BCUT2D eigenvalue weighted by atomic mass is 35.5. The predicted molar refractivity (Wildman–Crippen MR) is 125 cm³/mol. The topological polar surface area (TPSA) is 66.5 Å². The van der Waals surface area contributed by atoms with Crippen molar-refractivity contribution in [1.82, 2.24) is 10.2 Å². The molecule has 0 radical (unpaired) electrons. The van der Waals surface area contributed by atoms with E-state index in [1.54, 1.807) is 26.0 Å². The maximum absolute atomic E-state index is 14.8. The van der Waals surface area contributed by atoms with Gasteiger partial charge in [-0.2, -0.15) is 13.2 Å². The van der Waals surface area contributed by atoms with E-state index in [1.165, 1.54) is 24.3 Å². The Hall–Kier alpha value is -3.13. The summed E-state index contributed by atoms with van der Waals surface area (Å²) in [5.41, 5.74) is -4.02. The van der Waals surface area contributed by atoms with Gasteiger partial charge in [-0.1, -0.05) is 55.8 Å². The summed E-state index contributed by atoms with van der Waals surface area (Å²) in [5.74, 6) is -3.28. The average Bonchev–Trinajstić information content (AvgIpc) is 3.00. The van der Waals surface area contributed by atoms with Crippen LogP contribution in [0.15, 0.2) is 65.9 Å². The lowest BCUT2D eigenvalue weighted by molar-refractivity contribution is -0.190. The van der Waals surface area contributed by atoms with Crippen LogP contribution in [0.2, 0.25) is 5.02 Å². The summed E-state index contributed by atoms with van der Waals surface area (Å²) in [6.45, 7) is 3.49. The van der Waals surface area contributed by atoms with Gasteiger partial charge in [0.2, 0.25) is 5.54 Å². The van der Waals surface area contributed by atoms with Gasteiger partial charge in [-0.3, -0.25) is 14.4 Å². The number of benzene rings is 2. The highest BCUT2D eigenvalue weighted by molar-refractivity contribution is 6.30. The molecule has 1 atom stereocenters. The van der Waals surface area contributed by atoms with Gasteiger partial charge in [-0.15, -0.1) is 0 Å². The number of hydrogen-bond donors (Lipinski definition) is 1. The lowest BCUT2D eigenvalue weighted by Gasteiger charge is -2.35. The Labute approximate surface area is 205 Å². The van der Waals surface area contributed by atoms with E-state index < -0.39 is 40.3 Å². The van der Waals surface area contributed by atoms with E-state index in [0.29, 0.717) is 5.02 Å². The maximum Gasteiger partial charge on any atom is 0.425 e. The van der Waals surface area contributed by atoms with Crippen LogP contribution in [0.1, 0.15) is 42.6 Å². The minimum absolute atomic E-state index is 0.0286. The van der Waals surface area contributed by atoms with E-state index in [-0.39, 0.29) is 37.1 Å². The number of carbonyl (C=O) groups is 3. The molecule has 0 saturated carbocycles. The molecule has 0 saturated heterocycles. The van der Waals surface area contributed by atoms with Crippen LogP contribution in [0, 0.1) is 5.41 Å². The lowest BCUT2D eigenvalue weighted by Crippen LogP contribution is -2.66. The second kappa shape index (κ2) is 8.82. The van der Waals surface area contributed by atoms with Crippen molar-refractivity contribution in [1.29, 1.82) is 0 Å².